The quantitative estimate of drug-likeness (QED) is 0.788. The van der Waals surface area contributed by atoms with Crippen molar-refractivity contribution in [1.82, 2.24) is 5.32 Å². The van der Waals surface area contributed by atoms with Crippen molar-refractivity contribution in [3.05, 3.63) is 82.5 Å². The molecule has 0 bridgehead atoms. The molecule has 0 spiro atoms. The van der Waals surface area contributed by atoms with Gasteiger partial charge in [0.25, 0.3) is 5.91 Å². The minimum atomic E-state index is -0.492. The maximum Gasteiger partial charge on any atom is 0.254 e. The van der Waals surface area contributed by atoms with Crippen LogP contribution in [0.2, 0.25) is 0 Å². The Bertz CT molecular complexity index is 1070. The molecule has 6 heteroatoms. The molecule has 5 nitrogen and oxygen atoms in total. The number of hydrogen-bond acceptors (Lipinski definition) is 4. The molecule has 0 radical (unpaired) electrons. The second-order valence-corrected chi connectivity index (χ2v) is 7.50. The van der Waals surface area contributed by atoms with E-state index >= 15 is 0 Å². The van der Waals surface area contributed by atoms with Crippen LogP contribution < -0.4 is 15.4 Å². The van der Waals surface area contributed by atoms with E-state index in [1.165, 1.54) is 18.2 Å². The average Bonchev–Trinajstić information content (AvgIpc) is 2.73. The number of halogens is 1. The smallest absolute Gasteiger partial charge is 0.254 e. The number of dihydropyridines is 1. The van der Waals surface area contributed by atoms with E-state index in [9.17, 15) is 14.0 Å². The largest absolute Gasteiger partial charge is 0.497 e. The van der Waals surface area contributed by atoms with Gasteiger partial charge in [0.05, 0.1) is 7.11 Å². The summed E-state index contributed by atoms with van der Waals surface area (Å²) < 4.78 is 18.8. The van der Waals surface area contributed by atoms with Gasteiger partial charge in [-0.25, -0.2) is 4.39 Å². The molecule has 1 atom stereocenters. The Balaban J connectivity index is 1.77. The summed E-state index contributed by atoms with van der Waals surface area (Å²) in [6.45, 7) is 1.83. The number of allylic oxidation sites excluding steroid dienone is 3. The van der Waals surface area contributed by atoms with E-state index < -0.39 is 11.7 Å². The topological polar surface area (TPSA) is 67.4 Å². The van der Waals surface area contributed by atoms with Crippen molar-refractivity contribution >= 4 is 17.4 Å². The lowest BCUT2D eigenvalue weighted by atomic mass is 9.75. The van der Waals surface area contributed by atoms with Crippen LogP contribution in [0.15, 0.2) is 71.1 Å². The maximum atomic E-state index is 13.6. The fraction of sp³-hybridized carbons (Fsp3) is 0.250. The van der Waals surface area contributed by atoms with E-state index in [1.54, 1.807) is 13.2 Å². The van der Waals surface area contributed by atoms with Crippen molar-refractivity contribution in [3.8, 4) is 5.75 Å². The number of carbonyl (C=O) groups excluding carboxylic acids is 2. The highest BCUT2D eigenvalue weighted by Gasteiger charge is 2.38. The molecule has 0 unspecified atom stereocenters. The zero-order valence-electron chi connectivity index (χ0n) is 16.9. The molecule has 154 valence electrons. The van der Waals surface area contributed by atoms with Crippen LogP contribution in [0.25, 0.3) is 0 Å². The number of amides is 1. The summed E-state index contributed by atoms with van der Waals surface area (Å²) in [6, 6.07) is 13.2. The van der Waals surface area contributed by atoms with E-state index in [0.29, 0.717) is 34.7 Å². The van der Waals surface area contributed by atoms with Crippen molar-refractivity contribution in [3.63, 3.8) is 0 Å². The van der Waals surface area contributed by atoms with Gasteiger partial charge in [0.15, 0.2) is 5.78 Å². The number of methoxy groups -OCH3 is 1. The van der Waals surface area contributed by atoms with Gasteiger partial charge in [-0.2, -0.15) is 0 Å². The van der Waals surface area contributed by atoms with E-state index in [0.717, 1.165) is 24.1 Å². The standard InChI is InChI=1S/C24H23FN2O3/c1-14-21(24(29)27-17-6-3-5-16(25)13-17)22(15-9-11-18(30-2)12-10-15)23-19(26-14)7-4-8-20(23)28/h3,5-6,9-13,22,26H,4,7-8H2,1-2H3,(H,27,29)/t22-/m1/s1. The maximum absolute atomic E-state index is 13.6. The molecule has 1 heterocycles. The second-order valence-electron chi connectivity index (χ2n) is 7.50. The number of anilines is 1. The Morgan fingerprint density at radius 2 is 1.93 bits per heavy atom. The van der Waals surface area contributed by atoms with Crippen molar-refractivity contribution in [2.45, 2.75) is 32.1 Å². The number of Topliss-reactive ketones (excluding diaryl/α,β-unsaturated/α-hetero) is 1. The summed E-state index contributed by atoms with van der Waals surface area (Å²) >= 11 is 0. The third-order valence-corrected chi connectivity index (χ3v) is 5.55. The number of hydrogen-bond donors (Lipinski definition) is 2. The van der Waals surface area contributed by atoms with Crippen LogP contribution in [-0.2, 0) is 9.59 Å². The minimum absolute atomic E-state index is 0.0492. The summed E-state index contributed by atoms with van der Waals surface area (Å²) in [6.07, 6.45) is 2.02. The van der Waals surface area contributed by atoms with E-state index in [-0.39, 0.29) is 11.7 Å². The van der Waals surface area contributed by atoms with Gasteiger partial charge in [0, 0.05) is 40.6 Å². The molecule has 0 aromatic heterocycles. The van der Waals surface area contributed by atoms with E-state index in [2.05, 4.69) is 10.6 Å². The predicted molar refractivity (Wildman–Crippen MR) is 112 cm³/mol. The van der Waals surface area contributed by atoms with Crippen molar-refractivity contribution < 1.29 is 18.7 Å². The van der Waals surface area contributed by atoms with E-state index in [4.69, 9.17) is 4.74 Å². The molecular weight excluding hydrogens is 383 g/mol. The monoisotopic (exact) mass is 406 g/mol. The van der Waals surface area contributed by atoms with Crippen LogP contribution in [0.3, 0.4) is 0 Å². The molecule has 2 aromatic rings. The number of ketones is 1. The number of nitrogens with one attached hydrogen (secondary N) is 2. The Hall–Kier alpha value is -3.41. The Morgan fingerprint density at radius 1 is 1.17 bits per heavy atom. The average molecular weight is 406 g/mol. The van der Waals surface area contributed by atoms with Crippen LogP contribution >= 0.6 is 0 Å². The van der Waals surface area contributed by atoms with Crippen LogP contribution in [0, 0.1) is 5.82 Å². The highest BCUT2D eigenvalue weighted by atomic mass is 19.1. The Kier molecular flexibility index (Phi) is 5.40. The van der Waals surface area contributed by atoms with Crippen LogP contribution in [0.1, 0.15) is 37.7 Å². The van der Waals surface area contributed by atoms with E-state index in [1.807, 2.05) is 31.2 Å². The molecule has 2 aromatic carbocycles. The fourth-order valence-electron chi connectivity index (χ4n) is 4.18. The van der Waals surface area contributed by atoms with Crippen molar-refractivity contribution in [1.29, 1.82) is 0 Å². The number of ether oxygens (including phenoxy) is 1. The number of benzene rings is 2. The molecule has 0 fully saturated rings. The van der Waals surface area contributed by atoms with Crippen LogP contribution in [0.5, 0.6) is 5.75 Å². The van der Waals surface area contributed by atoms with Gasteiger partial charge in [0.1, 0.15) is 11.6 Å². The van der Waals surface area contributed by atoms with Crippen molar-refractivity contribution in [2.75, 3.05) is 12.4 Å². The molecular formula is C24H23FN2O3. The first-order valence-corrected chi connectivity index (χ1v) is 9.93. The minimum Gasteiger partial charge on any atom is -0.497 e. The molecule has 1 aliphatic heterocycles. The third-order valence-electron chi connectivity index (χ3n) is 5.55. The summed E-state index contributed by atoms with van der Waals surface area (Å²) in [5.41, 5.74) is 3.87. The Labute approximate surface area is 174 Å². The third kappa shape index (κ3) is 3.73. The highest BCUT2D eigenvalue weighted by molar-refractivity contribution is 6.09. The first-order chi connectivity index (χ1) is 14.5. The number of rotatable bonds is 4. The number of carbonyl (C=O) groups is 2. The predicted octanol–water partition coefficient (Wildman–Crippen LogP) is 4.44. The summed E-state index contributed by atoms with van der Waals surface area (Å²) in [5, 5.41) is 6.06. The fourth-order valence-corrected chi connectivity index (χ4v) is 4.18. The lowest BCUT2D eigenvalue weighted by Gasteiger charge is -2.34. The van der Waals surface area contributed by atoms with Gasteiger partial charge < -0.3 is 15.4 Å². The van der Waals surface area contributed by atoms with Crippen molar-refractivity contribution in [2.24, 2.45) is 0 Å². The SMILES string of the molecule is COc1ccc([C@@H]2C(C(=O)Nc3cccc(F)c3)=C(C)NC3=C2C(=O)CCC3)cc1. The molecule has 0 saturated carbocycles. The van der Waals surface area contributed by atoms with Gasteiger partial charge in [-0.05, 0) is 55.7 Å². The van der Waals surface area contributed by atoms with Gasteiger partial charge in [-0.1, -0.05) is 18.2 Å². The Morgan fingerprint density at radius 3 is 2.63 bits per heavy atom. The summed E-state index contributed by atoms with van der Waals surface area (Å²) in [5.74, 6) is -0.541. The first-order valence-electron chi connectivity index (χ1n) is 9.93. The molecule has 2 N–H and O–H groups in total. The van der Waals surface area contributed by atoms with Crippen LogP contribution in [-0.4, -0.2) is 18.8 Å². The van der Waals surface area contributed by atoms with Gasteiger partial charge >= 0.3 is 0 Å². The first kappa shape index (κ1) is 19.9. The summed E-state index contributed by atoms with van der Waals surface area (Å²) in [7, 11) is 1.59. The highest BCUT2D eigenvalue weighted by Crippen LogP contribution is 2.42. The molecule has 0 saturated heterocycles. The van der Waals surface area contributed by atoms with Gasteiger partial charge in [-0.3, -0.25) is 9.59 Å². The normalized spacial score (nSPS) is 18.6. The molecule has 1 amide bonds. The lowest BCUT2D eigenvalue weighted by molar-refractivity contribution is -0.116. The molecule has 30 heavy (non-hydrogen) atoms. The summed E-state index contributed by atoms with van der Waals surface area (Å²) in [4.78, 5) is 26.2. The lowest BCUT2D eigenvalue weighted by Crippen LogP contribution is -2.35. The zero-order valence-corrected chi connectivity index (χ0v) is 16.9. The van der Waals surface area contributed by atoms with Gasteiger partial charge in [-0.15, -0.1) is 0 Å². The van der Waals surface area contributed by atoms with Crippen LogP contribution in [0.4, 0.5) is 10.1 Å². The molecule has 2 aliphatic rings. The van der Waals surface area contributed by atoms with Gasteiger partial charge in [0.2, 0.25) is 0 Å². The molecule has 4 rings (SSSR count). The second kappa shape index (κ2) is 8.14. The molecule has 1 aliphatic carbocycles. The zero-order chi connectivity index (χ0) is 21.3.